The SMILES string of the molecule is CCOC(=O)c1n[nH]nc1-c1cccc(OCCc2ccccc2)c1. The van der Waals surface area contributed by atoms with Gasteiger partial charge in [0.2, 0.25) is 0 Å². The minimum atomic E-state index is -0.498. The van der Waals surface area contributed by atoms with Gasteiger partial charge >= 0.3 is 5.97 Å². The fourth-order valence-electron chi connectivity index (χ4n) is 2.44. The average molecular weight is 337 g/mol. The van der Waals surface area contributed by atoms with Gasteiger partial charge in [0.25, 0.3) is 0 Å². The number of aromatic amines is 1. The van der Waals surface area contributed by atoms with Crippen LogP contribution in [0, 0.1) is 0 Å². The normalized spacial score (nSPS) is 10.4. The molecule has 0 aliphatic rings. The molecule has 6 nitrogen and oxygen atoms in total. The Balaban J connectivity index is 1.70. The quantitative estimate of drug-likeness (QED) is 0.670. The van der Waals surface area contributed by atoms with E-state index in [1.54, 1.807) is 6.92 Å². The van der Waals surface area contributed by atoms with Crippen LogP contribution in [-0.4, -0.2) is 34.6 Å². The van der Waals surface area contributed by atoms with Crippen molar-refractivity contribution >= 4 is 5.97 Å². The van der Waals surface area contributed by atoms with Crippen LogP contribution in [0.4, 0.5) is 0 Å². The zero-order valence-electron chi connectivity index (χ0n) is 13.9. The number of aromatic nitrogens is 3. The monoisotopic (exact) mass is 337 g/mol. The highest BCUT2D eigenvalue weighted by Gasteiger charge is 2.19. The zero-order valence-corrected chi connectivity index (χ0v) is 13.9. The fraction of sp³-hybridized carbons (Fsp3) is 0.211. The topological polar surface area (TPSA) is 77.1 Å². The lowest BCUT2D eigenvalue weighted by molar-refractivity contribution is 0.0520. The van der Waals surface area contributed by atoms with Crippen LogP contribution in [0.2, 0.25) is 0 Å². The molecule has 6 heteroatoms. The number of hydrogen-bond acceptors (Lipinski definition) is 5. The van der Waals surface area contributed by atoms with Gasteiger partial charge in [-0.3, -0.25) is 0 Å². The number of esters is 1. The summed E-state index contributed by atoms with van der Waals surface area (Å²) in [4.78, 5) is 11.9. The predicted octanol–water partition coefficient (Wildman–Crippen LogP) is 3.27. The summed E-state index contributed by atoms with van der Waals surface area (Å²) in [6, 6.07) is 17.6. The van der Waals surface area contributed by atoms with E-state index in [0.717, 1.165) is 12.0 Å². The van der Waals surface area contributed by atoms with Crippen LogP contribution in [-0.2, 0) is 11.2 Å². The summed E-state index contributed by atoms with van der Waals surface area (Å²) in [7, 11) is 0. The molecule has 3 aromatic rings. The first-order chi connectivity index (χ1) is 12.3. The van der Waals surface area contributed by atoms with E-state index < -0.39 is 5.97 Å². The summed E-state index contributed by atoms with van der Waals surface area (Å²) in [5.41, 5.74) is 2.59. The Morgan fingerprint density at radius 2 is 1.92 bits per heavy atom. The van der Waals surface area contributed by atoms with Crippen molar-refractivity contribution in [2.24, 2.45) is 0 Å². The van der Waals surface area contributed by atoms with Crippen molar-refractivity contribution in [1.82, 2.24) is 15.4 Å². The van der Waals surface area contributed by atoms with Gasteiger partial charge in [0.1, 0.15) is 11.4 Å². The molecule has 0 saturated heterocycles. The van der Waals surface area contributed by atoms with Crippen LogP contribution < -0.4 is 4.74 Å². The minimum Gasteiger partial charge on any atom is -0.493 e. The smallest absolute Gasteiger partial charge is 0.361 e. The van der Waals surface area contributed by atoms with Crippen molar-refractivity contribution in [3.8, 4) is 17.0 Å². The Morgan fingerprint density at radius 3 is 2.72 bits per heavy atom. The van der Waals surface area contributed by atoms with Crippen molar-refractivity contribution in [2.75, 3.05) is 13.2 Å². The third kappa shape index (κ3) is 4.23. The van der Waals surface area contributed by atoms with E-state index in [4.69, 9.17) is 9.47 Å². The first-order valence-electron chi connectivity index (χ1n) is 8.13. The molecule has 0 aliphatic carbocycles. The largest absolute Gasteiger partial charge is 0.493 e. The number of nitrogens with zero attached hydrogens (tertiary/aromatic N) is 2. The zero-order chi connectivity index (χ0) is 17.5. The average Bonchev–Trinajstić information content (AvgIpc) is 3.13. The molecule has 1 heterocycles. The number of benzene rings is 2. The number of nitrogens with one attached hydrogen (secondary N) is 1. The molecule has 128 valence electrons. The van der Waals surface area contributed by atoms with E-state index in [1.807, 2.05) is 42.5 Å². The fourth-order valence-corrected chi connectivity index (χ4v) is 2.44. The maximum Gasteiger partial charge on any atom is 0.361 e. The van der Waals surface area contributed by atoms with Gasteiger partial charge in [-0.25, -0.2) is 4.79 Å². The van der Waals surface area contributed by atoms with Crippen LogP contribution in [0.15, 0.2) is 54.6 Å². The van der Waals surface area contributed by atoms with Crippen molar-refractivity contribution in [3.05, 3.63) is 65.9 Å². The van der Waals surface area contributed by atoms with E-state index in [0.29, 0.717) is 18.1 Å². The number of carbonyl (C=O) groups is 1. The Bertz CT molecular complexity index is 831. The second-order valence-corrected chi connectivity index (χ2v) is 5.35. The Kier molecular flexibility index (Phi) is 5.41. The highest BCUT2D eigenvalue weighted by atomic mass is 16.5. The molecule has 2 aromatic carbocycles. The summed E-state index contributed by atoms with van der Waals surface area (Å²) in [6.45, 7) is 2.60. The van der Waals surface area contributed by atoms with Crippen molar-refractivity contribution in [3.63, 3.8) is 0 Å². The first kappa shape index (κ1) is 16.7. The lowest BCUT2D eigenvalue weighted by atomic mass is 10.1. The molecule has 0 saturated carbocycles. The summed E-state index contributed by atoms with van der Waals surface area (Å²) < 4.78 is 10.8. The van der Waals surface area contributed by atoms with Crippen molar-refractivity contribution < 1.29 is 14.3 Å². The molecule has 0 atom stereocenters. The van der Waals surface area contributed by atoms with Crippen LogP contribution in [0.5, 0.6) is 5.75 Å². The minimum absolute atomic E-state index is 0.170. The molecule has 0 amide bonds. The molecule has 1 aromatic heterocycles. The van der Waals surface area contributed by atoms with Gasteiger partial charge in [-0.1, -0.05) is 42.5 Å². The maximum absolute atomic E-state index is 11.9. The summed E-state index contributed by atoms with van der Waals surface area (Å²) in [5.74, 6) is 0.216. The van der Waals surface area contributed by atoms with Crippen LogP contribution in [0.1, 0.15) is 23.0 Å². The predicted molar refractivity (Wildman–Crippen MR) is 93.4 cm³/mol. The second-order valence-electron chi connectivity index (χ2n) is 5.35. The molecular formula is C19H19N3O3. The Morgan fingerprint density at radius 1 is 1.08 bits per heavy atom. The van der Waals surface area contributed by atoms with Gasteiger partial charge in [0.05, 0.1) is 13.2 Å². The summed E-state index contributed by atoms with van der Waals surface area (Å²) in [5, 5.41) is 10.4. The van der Waals surface area contributed by atoms with Gasteiger partial charge in [-0.2, -0.15) is 10.3 Å². The molecule has 25 heavy (non-hydrogen) atoms. The molecule has 3 rings (SSSR count). The molecule has 0 fully saturated rings. The molecule has 0 radical (unpaired) electrons. The van der Waals surface area contributed by atoms with Crippen LogP contribution >= 0.6 is 0 Å². The summed E-state index contributed by atoms with van der Waals surface area (Å²) >= 11 is 0. The van der Waals surface area contributed by atoms with Gasteiger partial charge in [-0.15, -0.1) is 5.10 Å². The summed E-state index contributed by atoms with van der Waals surface area (Å²) in [6.07, 6.45) is 0.823. The molecule has 0 bridgehead atoms. The number of hydrogen-bond donors (Lipinski definition) is 1. The molecule has 0 aliphatic heterocycles. The Labute approximate surface area is 145 Å². The van der Waals surface area contributed by atoms with E-state index in [1.165, 1.54) is 5.56 Å². The highest BCUT2D eigenvalue weighted by Crippen LogP contribution is 2.24. The highest BCUT2D eigenvalue weighted by molar-refractivity contribution is 5.93. The third-order valence-corrected chi connectivity index (χ3v) is 3.63. The maximum atomic E-state index is 11.9. The number of rotatable bonds is 7. The number of carbonyl (C=O) groups excluding carboxylic acids is 1. The van der Waals surface area contributed by atoms with Crippen molar-refractivity contribution in [2.45, 2.75) is 13.3 Å². The van der Waals surface area contributed by atoms with E-state index in [-0.39, 0.29) is 12.3 Å². The van der Waals surface area contributed by atoms with Gasteiger partial charge in [0.15, 0.2) is 5.69 Å². The third-order valence-electron chi connectivity index (χ3n) is 3.63. The van der Waals surface area contributed by atoms with Crippen molar-refractivity contribution in [1.29, 1.82) is 0 Å². The second kappa shape index (κ2) is 8.10. The van der Waals surface area contributed by atoms with Crippen LogP contribution in [0.3, 0.4) is 0 Å². The van der Waals surface area contributed by atoms with Crippen LogP contribution in [0.25, 0.3) is 11.3 Å². The van der Waals surface area contributed by atoms with Gasteiger partial charge < -0.3 is 9.47 Å². The molecular weight excluding hydrogens is 318 g/mol. The van der Waals surface area contributed by atoms with E-state index >= 15 is 0 Å². The van der Waals surface area contributed by atoms with E-state index in [2.05, 4.69) is 27.5 Å². The lowest BCUT2D eigenvalue weighted by Gasteiger charge is -2.08. The number of H-pyrrole nitrogens is 1. The molecule has 1 N–H and O–H groups in total. The van der Waals surface area contributed by atoms with Gasteiger partial charge in [-0.05, 0) is 24.6 Å². The van der Waals surface area contributed by atoms with E-state index in [9.17, 15) is 4.79 Å². The number of ether oxygens (including phenoxy) is 2. The standard InChI is InChI=1S/C19H19N3O3/c1-2-24-19(23)18-17(20-22-21-18)15-9-6-10-16(13-15)25-12-11-14-7-4-3-5-8-14/h3-10,13H,2,11-12H2,1H3,(H,20,21,22). The molecule has 0 unspecified atom stereocenters. The Hall–Kier alpha value is -3.15. The first-order valence-corrected chi connectivity index (χ1v) is 8.13. The molecule has 0 spiro atoms. The lowest BCUT2D eigenvalue weighted by Crippen LogP contribution is -2.07. The van der Waals surface area contributed by atoms with Gasteiger partial charge in [0, 0.05) is 12.0 Å².